The van der Waals surface area contributed by atoms with Crippen LogP contribution in [0.2, 0.25) is 0 Å². The SMILES string of the molecule is CC(c1ccc(F)cc1)N1CCN(c2cc(Oc3cccc4c3CNC(=O)C4)ncn2)CC1. The van der Waals surface area contributed by atoms with Crippen molar-refractivity contribution in [3.63, 3.8) is 0 Å². The molecule has 1 unspecified atom stereocenters. The molecule has 1 amide bonds. The third-order valence-corrected chi connectivity index (χ3v) is 6.42. The third-order valence-electron chi connectivity index (χ3n) is 6.42. The number of ether oxygens (including phenoxy) is 1. The van der Waals surface area contributed by atoms with E-state index in [1.54, 1.807) is 0 Å². The van der Waals surface area contributed by atoms with Gasteiger partial charge in [0.05, 0.1) is 6.42 Å². The second-order valence-electron chi connectivity index (χ2n) is 8.41. The van der Waals surface area contributed by atoms with Crippen molar-refractivity contribution in [2.45, 2.75) is 25.9 Å². The number of carbonyl (C=O) groups is 1. The normalized spacial score (nSPS) is 17.3. The number of benzene rings is 2. The van der Waals surface area contributed by atoms with Crippen molar-refractivity contribution in [1.82, 2.24) is 20.2 Å². The van der Waals surface area contributed by atoms with Crippen LogP contribution in [-0.4, -0.2) is 47.0 Å². The summed E-state index contributed by atoms with van der Waals surface area (Å²) in [6, 6.07) is 14.6. The van der Waals surface area contributed by atoms with E-state index in [-0.39, 0.29) is 17.8 Å². The molecular formula is C25H26FN5O2. The Balaban J connectivity index is 1.25. The molecule has 0 saturated carbocycles. The summed E-state index contributed by atoms with van der Waals surface area (Å²) < 4.78 is 19.3. The molecule has 1 saturated heterocycles. The Hall–Kier alpha value is -3.52. The van der Waals surface area contributed by atoms with Crippen molar-refractivity contribution in [3.8, 4) is 11.6 Å². The quantitative estimate of drug-likeness (QED) is 0.646. The molecule has 0 aliphatic carbocycles. The zero-order chi connectivity index (χ0) is 22.8. The zero-order valence-corrected chi connectivity index (χ0v) is 18.5. The topological polar surface area (TPSA) is 70.6 Å². The average molecular weight is 448 g/mol. The number of piperazine rings is 1. The number of nitrogens with one attached hydrogen (secondary N) is 1. The van der Waals surface area contributed by atoms with Crippen LogP contribution in [0.1, 0.15) is 29.7 Å². The van der Waals surface area contributed by atoms with Crippen LogP contribution in [-0.2, 0) is 17.8 Å². The molecule has 1 fully saturated rings. The first kappa shape index (κ1) is 21.3. The fourth-order valence-corrected chi connectivity index (χ4v) is 4.46. The fourth-order valence-electron chi connectivity index (χ4n) is 4.46. The maximum Gasteiger partial charge on any atom is 0.224 e. The van der Waals surface area contributed by atoms with Gasteiger partial charge in [-0.25, -0.2) is 14.4 Å². The summed E-state index contributed by atoms with van der Waals surface area (Å²) in [6.45, 7) is 6.03. The van der Waals surface area contributed by atoms with Gasteiger partial charge in [0.2, 0.25) is 11.8 Å². The highest BCUT2D eigenvalue weighted by atomic mass is 19.1. The smallest absolute Gasteiger partial charge is 0.224 e. The summed E-state index contributed by atoms with van der Waals surface area (Å²) in [5.74, 6) is 1.82. The van der Waals surface area contributed by atoms with Crippen LogP contribution in [0.3, 0.4) is 0 Å². The minimum atomic E-state index is -0.210. The van der Waals surface area contributed by atoms with Gasteiger partial charge in [-0.3, -0.25) is 9.69 Å². The van der Waals surface area contributed by atoms with Gasteiger partial charge in [0.15, 0.2) is 0 Å². The molecule has 1 N–H and O–H groups in total. The van der Waals surface area contributed by atoms with E-state index in [9.17, 15) is 9.18 Å². The first-order valence-electron chi connectivity index (χ1n) is 11.2. The van der Waals surface area contributed by atoms with E-state index in [0.29, 0.717) is 24.6 Å². The summed E-state index contributed by atoms with van der Waals surface area (Å²) in [4.78, 5) is 25.1. The number of hydrogen-bond acceptors (Lipinski definition) is 6. The molecule has 3 heterocycles. The lowest BCUT2D eigenvalue weighted by molar-refractivity contribution is -0.121. The predicted molar refractivity (Wildman–Crippen MR) is 123 cm³/mol. The van der Waals surface area contributed by atoms with Gasteiger partial charge in [0.1, 0.15) is 23.7 Å². The van der Waals surface area contributed by atoms with Gasteiger partial charge in [0, 0.05) is 50.4 Å². The predicted octanol–water partition coefficient (Wildman–Crippen LogP) is 3.46. The van der Waals surface area contributed by atoms with Crippen LogP contribution in [0.4, 0.5) is 10.2 Å². The molecular weight excluding hydrogens is 421 g/mol. The van der Waals surface area contributed by atoms with Crippen molar-refractivity contribution in [2.24, 2.45) is 0 Å². The summed E-state index contributed by atoms with van der Waals surface area (Å²) in [7, 11) is 0. The monoisotopic (exact) mass is 447 g/mol. The maximum atomic E-state index is 13.2. The molecule has 3 aromatic rings. The van der Waals surface area contributed by atoms with E-state index in [1.807, 2.05) is 36.4 Å². The van der Waals surface area contributed by atoms with E-state index in [1.165, 1.54) is 18.5 Å². The number of halogens is 1. The minimum Gasteiger partial charge on any atom is -0.438 e. The lowest BCUT2D eigenvalue weighted by Crippen LogP contribution is -2.47. The minimum absolute atomic E-state index is 0.0249. The lowest BCUT2D eigenvalue weighted by atomic mass is 10.00. The molecule has 2 aromatic carbocycles. The molecule has 170 valence electrons. The first-order valence-corrected chi connectivity index (χ1v) is 11.2. The number of carbonyl (C=O) groups excluding carboxylic acids is 1. The van der Waals surface area contributed by atoms with Gasteiger partial charge in [-0.05, 0) is 36.2 Å². The number of fused-ring (bicyclic) bond motifs is 1. The van der Waals surface area contributed by atoms with E-state index in [4.69, 9.17) is 4.74 Å². The number of rotatable bonds is 5. The molecule has 0 spiro atoms. The highest BCUT2D eigenvalue weighted by Crippen LogP contribution is 2.30. The maximum absolute atomic E-state index is 13.2. The fraction of sp³-hybridized carbons (Fsp3) is 0.320. The summed E-state index contributed by atoms with van der Waals surface area (Å²) >= 11 is 0. The van der Waals surface area contributed by atoms with E-state index in [2.05, 4.69) is 32.0 Å². The number of hydrogen-bond donors (Lipinski definition) is 1. The van der Waals surface area contributed by atoms with E-state index < -0.39 is 0 Å². The first-order chi connectivity index (χ1) is 16.1. The molecule has 33 heavy (non-hydrogen) atoms. The van der Waals surface area contributed by atoms with Gasteiger partial charge >= 0.3 is 0 Å². The van der Waals surface area contributed by atoms with Gasteiger partial charge < -0.3 is 15.0 Å². The van der Waals surface area contributed by atoms with Crippen molar-refractivity contribution >= 4 is 11.7 Å². The molecule has 5 rings (SSSR count). The van der Waals surface area contributed by atoms with Crippen LogP contribution in [0.5, 0.6) is 11.6 Å². The van der Waals surface area contributed by atoms with E-state index >= 15 is 0 Å². The number of nitrogens with zero attached hydrogens (tertiary/aromatic N) is 4. The Morgan fingerprint density at radius 1 is 1.06 bits per heavy atom. The Labute approximate surface area is 192 Å². The zero-order valence-electron chi connectivity index (χ0n) is 18.5. The van der Waals surface area contributed by atoms with Crippen LogP contribution < -0.4 is 15.0 Å². The van der Waals surface area contributed by atoms with Gasteiger partial charge in [-0.1, -0.05) is 24.3 Å². The highest BCUT2D eigenvalue weighted by molar-refractivity contribution is 5.81. The van der Waals surface area contributed by atoms with Crippen molar-refractivity contribution in [2.75, 3.05) is 31.1 Å². The van der Waals surface area contributed by atoms with E-state index in [0.717, 1.165) is 48.7 Å². The van der Waals surface area contributed by atoms with Crippen LogP contribution >= 0.6 is 0 Å². The lowest BCUT2D eigenvalue weighted by Gasteiger charge is -2.38. The van der Waals surface area contributed by atoms with Crippen LogP contribution in [0.15, 0.2) is 54.9 Å². The molecule has 1 atom stereocenters. The Kier molecular flexibility index (Phi) is 5.92. The molecule has 2 aliphatic heterocycles. The third kappa shape index (κ3) is 4.66. The number of anilines is 1. The van der Waals surface area contributed by atoms with Gasteiger partial charge in [-0.2, -0.15) is 0 Å². The van der Waals surface area contributed by atoms with Gasteiger partial charge in [0.25, 0.3) is 0 Å². The van der Waals surface area contributed by atoms with Gasteiger partial charge in [-0.15, -0.1) is 0 Å². The number of aromatic nitrogens is 2. The Bertz CT molecular complexity index is 1150. The second-order valence-corrected chi connectivity index (χ2v) is 8.41. The average Bonchev–Trinajstić information content (AvgIpc) is 2.84. The summed E-state index contributed by atoms with van der Waals surface area (Å²) in [5, 5.41) is 2.87. The van der Waals surface area contributed by atoms with Crippen molar-refractivity contribution in [1.29, 1.82) is 0 Å². The molecule has 0 bridgehead atoms. The Morgan fingerprint density at radius 2 is 1.85 bits per heavy atom. The molecule has 7 nitrogen and oxygen atoms in total. The largest absolute Gasteiger partial charge is 0.438 e. The van der Waals surface area contributed by atoms with Crippen molar-refractivity contribution < 1.29 is 13.9 Å². The molecule has 0 radical (unpaired) electrons. The van der Waals surface area contributed by atoms with Crippen LogP contribution in [0, 0.1) is 5.82 Å². The molecule has 1 aromatic heterocycles. The van der Waals surface area contributed by atoms with Crippen LogP contribution in [0.25, 0.3) is 0 Å². The van der Waals surface area contributed by atoms with Crippen molar-refractivity contribution in [3.05, 3.63) is 77.4 Å². The highest BCUT2D eigenvalue weighted by Gasteiger charge is 2.24. The number of amides is 1. The summed E-state index contributed by atoms with van der Waals surface area (Å²) in [6.07, 6.45) is 1.89. The molecule has 2 aliphatic rings. The molecule has 8 heteroatoms. The summed E-state index contributed by atoms with van der Waals surface area (Å²) in [5.41, 5.74) is 3.09. The standard InChI is InChI=1S/C25H26FN5O2/c1-17(18-5-7-20(26)8-6-18)30-9-11-31(12-10-30)23-14-25(29-16-28-23)33-22-4-2-3-19-13-24(32)27-15-21(19)22/h2-8,14,16-17H,9-13,15H2,1H3,(H,27,32). The Morgan fingerprint density at radius 3 is 2.64 bits per heavy atom. The second kappa shape index (κ2) is 9.15.